The van der Waals surface area contributed by atoms with Crippen molar-refractivity contribution in [2.45, 2.75) is 30.5 Å². The molecule has 1 rings (SSSR count). The first kappa shape index (κ1) is 17.5. The summed E-state index contributed by atoms with van der Waals surface area (Å²) in [7, 11) is 0. The fourth-order valence-electron chi connectivity index (χ4n) is 1.43. The van der Waals surface area contributed by atoms with Gasteiger partial charge in [-0.25, -0.2) is 0 Å². The number of benzene rings is 1. The fraction of sp³-hybridized carbons (Fsp3) is 0.455. The van der Waals surface area contributed by atoms with Crippen molar-refractivity contribution in [3.8, 4) is 0 Å². The Labute approximate surface area is 122 Å². The van der Waals surface area contributed by atoms with Crippen LogP contribution < -0.4 is 0 Å². The molecule has 0 aliphatic carbocycles. The molecule has 0 amide bonds. The standard InChI is InChI=1S/C11H8F7IO/c12-9(13,10(14,15)11(16,17)18)5-8(20)6-3-1-2-4-7(6)19/h1-4,8,20H,5H2. The van der Waals surface area contributed by atoms with E-state index in [9.17, 15) is 35.8 Å². The van der Waals surface area contributed by atoms with Gasteiger partial charge in [-0.1, -0.05) is 18.2 Å². The zero-order valence-electron chi connectivity index (χ0n) is 9.56. The van der Waals surface area contributed by atoms with Gasteiger partial charge in [0, 0.05) is 9.99 Å². The van der Waals surface area contributed by atoms with Gasteiger partial charge in [-0.3, -0.25) is 0 Å². The summed E-state index contributed by atoms with van der Waals surface area (Å²) in [4.78, 5) is 0. The van der Waals surface area contributed by atoms with E-state index >= 15 is 0 Å². The Morgan fingerprint density at radius 2 is 1.50 bits per heavy atom. The van der Waals surface area contributed by atoms with Crippen molar-refractivity contribution in [1.82, 2.24) is 0 Å². The van der Waals surface area contributed by atoms with Gasteiger partial charge in [-0.15, -0.1) is 0 Å². The zero-order chi connectivity index (χ0) is 15.8. The number of hydrogen-bond acceptors (Lipinski definition) is 1. The van der Waals surface area contributed by atoms with Crippen molar-refractivity contribution in [3.63, 3.8) is 0 Å². The second-order valence-electron chi connectivity index (χ2n) is 4.02. The predicted molar refractivity (Wildman–Crippen MR) is 64.7 cm³/mol. The van der Waals surface area contributed by atoms with Gasteiger partial charge in [0.15, 0.2) is 0 Å². The Morgan fingerprint density at radius 3 is 1.95 bits per heavy atom. The van der Waals surface area contributed by atoms with Gasteiger partial charge in [0.2, 0.25) is 0 Å². The minimum atomic E-state index is -6.39. The summed E-state index contributed by atoms with van der Waals surface area (Å²) in [5.74, 6) is -11.6. The molecule has 0 saturated heterocycles. The van der Waals surface area contributed by atoms with Crippen LogP contribution >= 0.6 is 22.6 Å². The molecule has 1 N–H and O–H groups in total. The summed E-state index contributed by atoms with van der Waals surface area (Å²) in [5, 5.41) is 9.48. The highest BCUT2D eigenvalue weighted by Gasteiger charge is 2.72. The monoisotopic (exact) mass is 416 g/mol. The summed E-state index contributed by atoms with van der Waals surface area (Å²) in [6.45, 7) is 0. The molecule has 0 heterocycles. The largest absolute Gasteiger partial charge is 0.459 e. The molecule has 0 radical (unpaired) electrons. The molecule has 1 aromatic rings. The average Bonchev–Trinajstić information content (AvgIpc) is 2.26. The molecule has 1 nitrogen and oxygen atoms in total. The Balaban J connectivity index is 3.00. The molecule has 0 saturated carbocycles. The lowest BCUT2D eigenvalue weighted by molar-refractivity contribution is -0.358. The highest BCUT2D eigenvalue weighted by molar-refractivity contribution is 14.1. The van der Waals surface area contributed by atoms with E-state index in [2.05, 4.69) is 0 Å². The number of rotatable bonds is 4. The molecule has 20 heavy (non-hydrogen) atoms. The number of alkyl halides is 7. The summed E-state index contributed by atoms with van der Waals surface area (Å²) in [6.07, 6.45) is -10.6. The first-order valence-corrected chi connectivity index (χ1v) is 6.23. The molecular weight excluding hydrogens is 408 g/mol. The maximum atomic E-state index is 13.1. The van der Waals surface area contributed by atoms with Crippen LogP contribution in [-0.2, 0) is 0 Å². The lowest BCUT2D eigenvalue weighted by Crippen LogP contribution is -2.52. The number of aliphatic hydroxyl groups excluding tert-OH is 1. The second-order valence-corrected chi connectivity index (χ2v) is 5.18. The van der Waals surface area contributed by atoms with Crippen LogP contribution in [0.4, 0.5) is 30.7 Å². The van der Waals surface area contributed by atoms with Crippen molar-refractivity contribution in [2.75, 3.05) is 0 Å². The SMILES string of the molecule is OC(CC(F)(F)C(F)(F)C(F)(F)F)c1ccccc1I. The molecular formula is C11H8F7IO. The van der Waals surface area contributed by atoms with E-state index in [1.54, 1.807) is 22.6 Å². The first-order valence-electron chi connectivity index (χ1n) is 5.15. The normalized spacial score (nSPS) is 15.2. The van der Waals surface area contributed by atoms with Crippen molar-refractivity contribution in [3.05, 3.63) is 33.4 Å². The maximum absolute atomic E-state index is 13.1. The summed E-state index contributed by atoms with van der Waals surface area (Å²) in [6, 6.07) is 5.43. The Bertz CT molecular complexity index is 472. The van der Waals surface area contributed by atoms with Gasteiger partial charge in [0.1, 0.15) is 0 Å². The van der Waals surface area contributed by atoms with Gasteiger partial charge in [0.25, 0.3) is 0 Å². The van der Waals surface area contributed by atoms with Crippen LogP contribution in [-0.4, -0.2) is 23.1 Å². The van der Waals surface area contributed by atoms with Crippen LogP contribution in [0.2, 0.25) is 0 Å². The van der Waals surface area contributed by atoms with Crippen molar-refractivity contribution >= 4 is 22.6 Å². The van der Waals surface area contributed by atoms with E-state index in [0.29, 0.717) is 0 Å². The molecule has 1 unspecified atom stereocenters. The molecule has 0 aliphatic heterocycles. The third-order valence-corrected chi connectivity index (χ3v) is 3.51. The van der Waals surface area contributed by atoms with Crippen molar-refractivity contribution < 1.29 is 35.8 Å². The number of hydrogen-bond donors (Lipinski definition) is 1. The molecule has 9 heteroatoms. The highest BCUT2D eigenvalue weighted by Crippen LogP contribution is 2.49. The van der Waals surface area contributed by atoms with Crippen LogP contribution in [0.1, 0.15) is 18.1 Å². The first-order chi connectivity index (χ1) is 8.90. The minimum Gasteiger partial charge on any atom is -0.388 e. The summed E-state index contributed by atoms with van der Waals surface area (Å²) in [5.41, 5.74) is -0.134. The third kappa shape index (κ3) is 3.35. The Morgan fingerprint density at radius 1 is 1.00 bits per heavy atom. The molecule has 0 aliphatic rings. The topological polar surface area (TPSA) is 20.2 Å². The molecule has 114 valence electrons. The van der Waals surface area contributed by atoms with E-state index in [-0.39, 0.29) is 9.13 Å². The summed E-state index contributed by atoms with van der Waals surface area (Å²) < 4.78 is 87.8. The quantitative estimate of drug-likeness (QED) is 0.565. The lowest BCUT2D eigenvalue weighted by Gasteiger charge is -2.29. The molecule has 0 aromatic heterocycles. The lowest BCUT2D eigenvalue weighted by atomic mass is 9.99. The number of aliphatic hydroxyl groups is 1. The Kier molecular flexibility index (Phi) is 4.95. The van der Waals surface area contributed by atoms with E-state index in [1.165, 1.54) is 24.3 Å². The second kappa shape index (κ2) is 5.66. The smallest absolute Gasteiger partial charge is 0.388 e. The van der Waals surface area contributed by atoms with Gasteiger partial charge in [-0.2, -0.15) is 30.7 Å². The average molecular weight is 416 g/mol. The minimum absolute atomic E-state index is 0.134. The van der Waals surface area contributed by atoms with Crippen molar-refractivity contribution in [1.29, 1.82) is 0 Å². The van der Waals surface area contributed by atoms with E-state index in [4.69, 9.17) is 0 Å². The summed E-state index contributed by atoms with van der Waals surface area (Å²) >= 11 is 1.65. The third-order valence-electron chi connectivity index (χ3n) is 2.53. The van der Waals surface area contributed by atoms with E-state index in [1.807, 2.05) is 0 Å². The van der Waals surface area contributed by atoms with E-state index < -0.39 is 30.5 Å². The van der Waals surface area contributed by atoms with Crippen LogP contribution in [0, 0.1) is 3.57 Å². The zero-order valence-corrected chi connectivity index (χ0v) is 11.7. The van der Waals surface area contributed by atoms with Gasteiger partial charge in [-0.05, 0) is 34.2 Å². The van der Waals surface area contributed by atoms with E-state index in [0.717, 1.165) is 0 Å². The Hall–Kier alpha value is -0.580. The fourth-order valence-corrected chi connectivity index (χ4v) is 2.18. The molecule has 0 spiro atoms. The molecule has 0 bridgehead atoms. The van der Waals surface area contributed by atoms with Crippen molar-refractivity contribution in [2.24, 2.45) is 0 Å². The molecule has 1 aromatic carbocycles. The van der Waals surface area contributed by atoms with Crippen LogP contribution in [0.3, 0.4) is 0 Å². The maximum Gasteiger partial charge on any atom is 0.459 e. The van der Waals surface area contributed by atoms with Crippen LogP contribution in [0.25, 0.3) is 0 Å². The van der Waals surface area contributed by atoms with Gasteiger partial charge in [0.05, 0.1) is 6.10 Å². The van der Waals surface area contributed by atoms with Crippen LogP contribution in [0.15, 0.2) is 24.3 Å². The molecule has 0 fully saturated rings. The van der Waals surface area contributed by atoms with Gasteiger partial charge < -0.3 is 5.11 Å². The molecule has 1 atom stereocenters. The number of halogens is 8. The highest BCUT2D eigenvalue weighted by atomic mass is 127. The van der Waals surface area contributed by atoms with Crippen LogP contribution in [0.5, 0.6) is 0 Å². The van der Waals surface area contributed by atoms with Gasteiger partial charge >= 0.3 is 18.0 Å². The predicted octanol–water partition coefficient (Wildman–Crippen LogP) is 4.55.